The second kappa shape index (κ2) is 6.32. The Morgan fingerprint density at radius 2 is 1.83 bits per heavy atom. The highest BCUT2D eigenvalue weighted by molar-refractivity contribution is 7.19. The monoisotopic (exact) mass is 370 g/mol. The third-order valence-corrected chi connectivity index (χ3v) is 5.75. The van der Waals surface area contributed by atoms with Crippen molar-refractivity contribution in [3.8, 4) is 10.4 Å². The van der Waals surface area contributed by atoms with Gasteiger partial charge in [0, 0.05) is 27.7 Å². The molecule has 0 aliphatic carbocycles. The van der Waals surface area contributed by atoms with Gasteiger partial charge in [-0.25, -0.2) is 15.0 Å². The summed E-state index contributed by atoms with van der Waals surface area (Å²) in [5, 5.41) is 1.62. The van der Waals surface area contributed by atoms with E-state index in [4.69, 9.17) is 17.3 Å². The number of thiophene rings is 1. The second-order valence-corrected chi connectivity index (χ2v) is 7.59. The summed E-state index contributed by atoms with van der Waals surface area (Å²) in [5.74, 6) is 0.282. The smallest absolute Gasteiger partial charge is 0.219 e. The lowest BCUT2D eigenvalue weighted by molar-refractivity contribution is 1.19. The highest BCUT2D eigenvalue weighted by Gasteiger charge is 2.05. The van der Waals surface area contributed by atoms with Crippen LogP contribution in [-0.2, 0) is 0 Å². The Morgan fingerprint density at radius 1 is 1.00 bits per heavy atom. The molecule has 3 heterocycles. The lowest BCUT2D eigenvalue weighted by Gasteiger charge is -1.95. The molecule has 4 nitrogen and oxygen atoms in total. The molecule has 0 aliphatic rings. The zero-order chi connectivity index (χ0) is 16.5. The molecule has 0 atom stereocenters. The van der Waals surface area contributed by atoms with Crippen molar-refractivity contribution in [1.82, 2.24) is 15.0 Å². The van der Waals surface area contributed by atoms with Crippen LogP contribution in [0.1, 0.15) is 9.88 Å². The molecule has 0 spiro atoms. The molecular formula is C17H11ClN4S2. The van der Waals surface area contributed by atoms with Gasteiger partial charge >= 0.3 is 0 Å². The minimum Gasteiger partial charge on any atom is -0.368 e. The Hall–Kier alpha value is -2.28. The van der Waals surface area contributed by atoms with Crippen molar-refractivity contribution in [2.75, 3.05) is 5.73 Å². The molecule has 0 aliphatic heterocycles. The van der Waals surface area contributed by atoms with E-state index in [0.717, 1.165) is 30.5 Å². The van der Waals surface area contributed by atoms with Crippen molar-refractivity contribution in [1.29, 1.82) is 0 Å². The number of halogens is 1. The standard InChI is InChI=1S/C17H11ClN4S2/c18-12-2-1-3-14-16(12)22-15(24-14)7-5-11-4-6-13(23-11)10-8-20-17(19)21-9-10/h1-9H,(H2,19,20,21)/b7-5+. The number of hydrogen-bond acceptors (Lipinski definition) is 6. The maximum absolute atomic E-state index is 6.17. The highest BCUT2D eigenvalue weighted by atomic mass is 35.5. The van der Waals surface area contributed by atoms with Gasteiger partial charge in [-0.3, -0.25) is 0 Å². The summed E-state index contributed by atoms with van der Waals surface area (Å²) in [7, 11) is 0. The Morgan fingerprint density at radius 3 is 2.62 bits per heavy atom. The van der Waals surface area contributed by atoms with Crippen molar-refractivity contribution in [3.05, 3.63) is 57.6 Å². The molecule has 0 fully saturated rings. The number of nitrogen functional groups attached to an aromatic ring is 1. The number of nitrogens with zero attached hydrogens (tertiary/aromatic N) is 3. The first-order valence-electron chi connectivity index (χ1n) is 7.10. The van der Waals surface area contributed by atoms with Gasteiger partial charge < -0.3 is 5.73 Å². The SMILES string of the molecule is Nc1ncc(-c2ccc(/C=C/c3nc4c(Cl)cccc4s3)s2)cn1. The third-order valence-electron chi connectivity index (χ3n) is 3.36. The average molecular weight is 371 g/mol. The van der Waals surface area contributed by atoms with E-state index < -0.39 is 0 Å². The van der Waals surface area contributed by atoms with Crippen molar-refractivity contribution in [2.45, 2.75) is 0 Å². The van der Waals surface area contributed by atoms with Gasteiger partial charge in [0.1, 0.15) is 10.5 Å². The first-order chi connectivity index (χ1) is 11.7. The van der Waals surface area contributed by atoms with Crippen molar-refractivity contribution in [2.24, 2.45) is 0 Å². The van der Waals surface area contributed by atoms with Crippen LogP contribution in [0.5, 0.6) is 0 Å². The normalized spacial score (nSPS) is 11.5. The van der Waals surface area contributed by atoms with Gasteiger partial charge in [0.25, 0.3) is 0 Å². The Balaban J connectivity index is 1.59. The summed E-state index contributed by atoms with van der Waals surface area (Å²) in [6, 6.07) is 9.94. The van der Waals surface area contributed by atoms with Gasteiger partial charge in [0.2, 0.25) is 5.95 Å². The van der Waals surface area contributed by atoms with Crippen LogP contribution in [0.15, 0.2) is 42.7 Å². The molecule has 0 radical (unpaired) electrons. The van der Waals surface area contributed by atoms with Gasteiger partial charge in [0.05, 0.1) is 9.72 Å². The lowest BCUT2D eigenvalue weighted by atomic mass is 10.3. The van der Waals surface area contributed by atoms with Gasteiger partial charge in [0.15, 0.2) is 0 Å². The number of hydrogen-bond donors (Lipinski definition) is 1. The zero-order valence-electron chi connectivity index (χ0n) is 12.3. The van der Waals surface area contributed by atoms with Crippen LogP contribution in [-0.4, -0.2) is 15.0 Å². The summed E-state index contributed by atoms with van der Waals surface area (Å²) >= 11 is 9.46. The van der Waals surface area contributed by atoms with Crippen LogP contribution in [0.25, 0.3) is 32.8 Å². The first kappa shape index (κ1) is 15.3. The van der Waals surface area contributed by atoms with Crippen molar-refractivity contribution < 1.29 is 0 Å². The van der Waals surface area contributed by atoms with Crippen LogP contribution < -0.4 is 5.73 Å². The summed E-state index contributed by atoms with van der Waals surface area (Å²) in [6.07, 6.45) is 7.53. The fourth-order valence-electron chi connectivity index (χ4n) is 2.22. The first-order valence-corrected chi connectivity index (χ1v) is 9.11. The molecule has 0 saturated carbocycles. The topological polar surface area (TPSA) is 64.7 Å². The van der Waals surface area contributed by atoms with Gasteiger partial charge in [-0.05, 0) is 36.4 Å². The number of rotatable bonds is 3. The summed E-state index contributed by atoms with van der Waals surface area (Å²) in [4.78, 5) is 14.9. The molecule has 24 heavy (non-hydrogen) atoms. The summed E-state index contributed by atoms with van der Waals surface area (Å²) in [5.41, 5.74) is 7.33. The maximum atomic E-state index is 6.17. The fourth-order valence-corrected chi connectivity index (χ4v) is 4.28. The number of anilines is 1. The van der Waals surface area contributed by atoms with E-state index in [9.17, 15) is 0 Å². The molecule has 3 aromatic heterocycles. The fraction of sp³-hybridized carbons (Fsp3) is 0. The van der Waals surface area contributed by atoms with E-state index in [-0.39, 0.29) is 5.95 Å². The summed E-state index contributed by atoms with van der Waals surface area (Å²) in [6.45, 7) is 0. The molecule has 7 heteroatoms. The number of thiazole rings is 1. The van der Waals surface area contributed by atoms with Crippen LogP contribution >= 0.6 is 34.3 Å². The minimum absolute atomic E-state index is 0.282. The molecule has 118 valence electrons. The number of fused-ring (bicyclic) bond motifs is 1. The lowest BCUT2D eigenvalue weighted by Crippen LogP contribution is -1.92. The van der Waals surface area contributed by atoms with E-state index in [2.05, 4.69) is 33.2 Å². The molecule has 4 aromatic rings. The molecular weight excluding hydrogens is 360 g/mol. The van der Waals surface area contributed by atoms with Crippen molar-refractivity contribution >= 4 is 62.6 Å². The number of nitrogens with two attached hydrogens (primary N) is 1. The maximum Gasteiger partial charge on any atom is 0.219 e. The van der Waals surface area contributed by atoms with Crippen LogP contribution in [0, 0.1) is 0 Å². The van der Waals surface area contributed by atoms with E-state index >= 15 is 0 Å². The Kier molecular flexibility index (Phi) is 4.02. The quantitative estimate of drug-likeness (QED) is 0.536. The van der Waals surface area contributed by atoms with Gasteiger partial charge in [-0.2, -0.15) is 0 Å². The second-order valence-electron chi connectivity index (χ2n) is 5.00. The third kappa shape index (κ3) is 3.03. The molecule has 0 unspecified atom stereocenters. The molecule has 0 amide bonds. The van der Waals surface area contributed by atoms with E-state index in [1.165, 1.54) is 0 Å². The van der Waals surface area contributed by atoms with Gasteiger partial charge in [-0.15, -0.1) is 22.7 Å². The van der Waals surface area contributed by atoms with Crippen molar-refractivity contribution in [3.63, 3.8) is 0 Å². The summed E-state index contributed by atoms with van der Waals surface area (Å²) < 4.78 is 1.09. The molecule has 2 N–H and O–H groups in total. The largest absolute Gasteiger partial charge is 0.368 e. The average Bonchev–Trinajstić information content (AvgIpc) is 3.21. The minimum atomic E-state index is 0.282. The van der Waals surface area contributed by atoms with Crippen LogP contribution in [0.4, 0.5) is 5.95 Å². The molecule has 4 rings (SSSR count). The molecule has 1 aromatic carbocycles. The van der Waals surface area contributed by atoms with E-state index in [1.807, 2.05) is 24.3 Å². The molecule has 0 bridgehead atoms. The zero-order valence-corrected chi connectivity index (χ0v) is 14.7. The van der Waals surface area contributed by atoms with Crippen LogP contribution in [0.2, 0.25) is 5.02 Å². The predicted octanol–water partition coefficient (Wildman–Crippen LogP) is 5.22. The highest BCUT2D eigenvalue weighted by Crippen LogP contribution is 2.31. The van der Waals surface area contributed by atoms with E-state index in [0.29, 0.717) is 5.02 Å². The Labute approximate surface area is 151 Å². The molecule has 0 saturated heterocycles. The number of benzene rings is 1. The van der Waals surface area contributed by atoms with E-state index in [1.54, 1.807) is 35.1 Å². The predicted molar refractivity (Wildman–Crippen MR) is 103 cm³/mol. The number of aromatic nitrogens is 3. The Bertz CT molecular complexity index is 1030. The van der Waals surface area contributed by atoms with Crippen LogP contribution in [0.3, 0.4) is 0 Å². The van der Waals surface area contributed by atoms with Gasteiger partial charge in [-0.1, -0.05) is 17.7 Å². The number of para-hydroxylation sites is 1.